The molecule has 1 saturated carbocycles. The molecule has 88 valence electrons. The number of rotatable bonds is 5. The zero-order valence-electron chi connectivity index (χ0n) is 9.66. The largest absolute Gasteiger partial charge is 0.352 e. The van der Waals surface area contributed by atoms with Crippen LogP contribution in [0.5, 0.6) is 0 Å². The smallest absolute Gasteiger partial charge is 0.224 e. The summed E-state index contributed by atoms with van der Waals surface area (Å²) in [5.41, 5.74) is 5.47. The highest BCUT2D eigenvalue weighted by molar-refractivity contribution is 7.99. The summed E-state index contributed by atoms with van der Waals surface area (Å²) in [5.74, 6) is 1.19. The third-order valence-electron chi connectivity index (χ3n) is 2.96. The van der Waals surface area contributed by atoms with Crippen molar-refractivity contribution in [2.45, 2.75) is 44.4 Å². The molecule has 0 bridgehead atoms. The minimum absolute atomic E-state index is 0.0575. The molecule has 0 spiro atoms. The van der Waals surface area contributed by atoms with Crippen molar-refractivity contribution in [1.29, 1.82) is 0 Å². The Hall–Kier alpha value is -0.220. The lowest BCUT2D eigenvalue weighted by atomic mass is 10.1. The number of carbonyl (C=O) groups excluding carboxylic acids is 1. The van der Waals surface area contributed by atoms with Crippen LogP contribution in [0.25, 0.3) is 0 Å². The van der Waals surface area contributed by atoms with Crippen LogP contribution >= 0.6 is 11.8 Å². The number of carbonyl (C=O) groups is 1. The zero-order valence-corrected chi connectivity index (χ0v) is 10.5. The van der Waals surface area contributed by atoms with E-state index in [1.807, 2.05) is 18.7 Å². The van der Waals surface area contributed by atoms with E-state index in [1.54, 1.807) is 0 Å². The summed E-state index contributed by atoms with van der Waals surface area (Å²) in [6.07, 6.45) is 3.60. The van der Waals surface area contributed by atoms with Gasteiger partial charge in [-0.2, -0.15) is 11.8 Å². The van der Waals surface area contributed by atoms with E-state index < -0.39 is 0 Å². The first-order valence-corrected chi connectivity index (χ1v) is 6.86. The number of nitrogens with two attached hydrogens (primary N) is 1. The van der Waals surface area contributed by atoms with Gasteiger partial charge in [-0.05, 0) is 18.6 Å². The molecule has 3 N–H and O–H groups in total. The van der Waals surface area contributed by atoms with Crippen LogP contribution in [0, 0.1) is 5.92 Å². The Balaban J connectivity index is 2.39. The van der Waals surface area contributed by atoms with Crippen LogP contribution in [-0.4, -0.2) is 29.5 Å². The van der Waals surface area contributed by atoms with Gasteiger partial charge in [-0.25, -0.2) is 0 Å². The van der Waals surface area contributed by atoms with Crippen molar-refractivity contribution in [3.8, 4) is 0 Å². The van der Waals surface area contributed by atoms with E-state index in [1.165, 1.54) is 12.8 Å². The van der Waals surface area contributed by atoms with E-state index in [0.717, 1.165) is 12.2 Å². The molecule has 1 rings (SSSR count). The molecular formula is C11H22N2OS. The Morgan fingerprint density at radius 1 is 1.60 bits per heavy atom. The van der Waals surface area contributed by atoms with E-state index in [0.29, 0.717) is 17.8 Å². The van der Waals surface area contributed by atoms with Crippen molar-refractivity contribution in [2.24, 2.45) is 11.7 Å². The van der Waals surface area contributed by atoms with E-state index in [2.05, 4.69) is 12.2 Å². The van der Waals surface area contributed by atoms with Gasteiger partial charge >= 0.3 is 0 Å². The van der Waals surface area contributed by atoms with Gasteiger partial charge in [0, 0.05) is 23.8 Å². The van der Waals surface area contributed by atoms with Gasteiger partial charge in [-0.15, -0.1) is 0 Å². The second-order valence-corrected chi connectivity index (χ2v) is 5.69. The van der Waals surface area contributed by atoms with Crippen molar-refractivity contribution in [2.75, 3.05) is 12.3 Å². The average Bonchev–Trinajstić information content (AvgIpc) is 2.65. The maximum atomic E-state index is 11.7. The van der Waals surface area contributed by atoms with Crippen LogP contribution in [0.1, 0.15) is 33.1 Å². The molecule has 0 aromatic rings. The fraction of sp³-hybridized carbons (Fsp3) is 0.909. The standard InChI is InChI=1S/C11H22N2OS/c1-3-15-10-6-4-5-9(10)13-11(14)8(2)7-12/h8-10H,3-7,12H2,1-2H3,(H,13,14). The van der Waals surface area contributed by atoms with Crippen molar-refractivity contribution in [1.82, 2.24) is 5.32 Å². The number of hydrogen-bond donors (Lipinski definition) is 2. The van der Waals surface area contributed by atoms with Gasteiger partial charge < -0.3 is 11.1 Å². The summed E-state index contributed by atoms with van der Waals surface area (Å²) in [6, 6.07) is 0.372. The molecule has 3 unspecified atom stereocenters. The van der Waals surface area contributed by atoms with Crippen molar-refractivity contribution >= 4 is 17.7 Å². The molecule has 0 aliphatic heterocycles. The molecule has 3 nitrogen and oxygen atoms in total. The molecular weight excluding hydrogens is 208 g/mol. The molecule has 1 fully saturated rings. The first kappa shape index (κ1) is 12.8. The van der Waals surface area contributed by atoms with E-state index in [4.69, 9.17) is 5.73 Å². The predicted octanol–water partition coefficient (Wildman–Crippen LogP) is 1.37. The van der Waals surface area contributed by atoms with Gasteiger partial charge in [0.2, 0.25) is 5.91 Å². The fourth-order valence-corrected chi connectivity index (χ4v) is 3.13. The summed E-state index contributed by atoms with van der Waals surface area (Å²) in [5, 5.41) is 3.74. The lowest BCUT2D eigenvalue weighted by molar-refractivity contribution is -0.124. The van der Waals surface area contributed by atoms with Crippen LogP contribution in [-0.2, 0) is 4.79 Å². The van der Waals surface area contributed by atoms with E-state index in [-0.39, 0.29) is 11.8 Å². The topological polar surface area (TPSA) is 55.1 Å². The van der Waals surface area contributed by atoms with Crippen molar-refractivity contribution < 1.29 is 4.79 Å². The highest BCUT2D eigenvalue weighted by Gasteiger charge is 2.29. The van der Waals surface area contributed by atoms with Crippen LogP contribution in [0.15, 0.2) is 0 Å². The lowest BCUT2D eigenvalue weighted by Gasteiger charge is -2.21. The SMILES string of the molecule is CCSC1CCCC1NC(=O)C(C)CN. The van der Waals surface area contributed by atoms with E-state index in [9.17, 15) is 4.79 Å². The summed E-state index contributed by atoms with van der Waals surface area (Å²) < 4.78 is 0. The number of nitrogens with one attached hydrogen (secondary N) is 1. The molecule has 0 aromatic carbocycles. The molecule has 0 saturated heterocycles. The fourth-order valence-electron chi connectivity index (χ4n) is 1.94. The minimum Gasteiger partial charge on any atom is -0.352 e. The van der Waals surface area contributed by atoms with Gasteiger partial charge in [-0.3, -0.25) is 4.79 Å². The Kier molecular flexibility index (Phi) is 5.47. The second kappa shape index (κ2) is 6.38. The Morgan fingerprint density at radius 2 is 2.33 bits per heavy atom. The summed E-state index contributed by atoms with van der Waals surface area (Å²) in [6.45, 7) is 4.49. The number of hydrogen-bond acceptors (Lipinski definition) is 3. The van der Waals surface area contributed by atoms with Gasteiger partial charge in [0.1, 0.15) is 0 Å². The van der Waals surface area contributed by atoms with Crippen LogP contribution in [0.2, 0.25) is 0 Å². The normalized spacial score (nSPS) is 27.7. The van der Waals surface area contributed by atoms with Gasteiger partial charge in [0.25, 0.3) is 0 Å². The first-order chi connectivity index (χ1) is 7.19. The average molecular weight is 230 g/mol. The highest BCUT2D eigenvalue weighted by Crippen LogP contribution is 2.29. The number of amides is 1. The molecule has 1 amide bonds. The molecule has 4 heteroatoms. The summed E-state index contributed by atoms with van der Waals surface area (Å²) in [4.78, 5) is 11.7. The monoisotopic (exact) mass is 230 g/mol. The first-order valence-electron chi connectivity index (χ1n) is 5.81. The van der Waals surface area contributed by atoms with Gasteiger partial charge in [0.15, 0.2) is 0 Å². The molecule has 0 radical (unpaired) electrons. The summed E-state index contributed by atoms with van der Waals surface area (Å²) in [7, 11) is 0. The highest BCUT2D eigenvalue weighted by atomic mass is 32.2. The molecule has 0 aromatic heterocycles. The molecule has 3 atom stereocenters. The molecule has 1 aliphatic carbocycles. The Morgan fingerprint density at radius 3 is 2.93 bits per heavy atom. The summed E-state index contributed by atoms with van der Waals surface area (Å²) >= 11 is 1.96. The Labute approximate surface area is 96.6 Å². The lowest BCUT2D eigenvalue weighted by Crippen LogP contribution is -2.43. The Bertz CT molecular complexity index is 211. The van der Waals surface area contributed by atoms with Gasteiger partial charge in [0.05, 0.1) is 0 Å². The maximum Gasteiger partial charge on any atom is 0.224 e. The van der Waals surface area contributed by atoms with Crippen LogP contribution in [0.4, 0.5) is 0 Å². The number of thioether (sulfide) groups is 1. The van der Waals surface area contributed by atoms with Crippen molar-refractivity contribution in [3.05, 3.63) is 0 Å². The van der Waals surface area contributed by atoms with Crippen LogP contribution in [0.3, 0.4) is 0 Å². The second-order valence-electron chi connectivity index (χ2n) is 4.18. The minimum atomic E-state index is -0.0575. The van der Waals surface area contributed by atoms with Gasteiger partial charge in [-0.1, -0.05) is 20.3 Å². The molecule has 0 heterocycles. The van der Waals surface area contributed by atoms with E-state index >= 15 is 0 Å². The quantitative estimate of drug-likeness (QED) is 0.750. The maximum absolute atomic E-state index is 11.7. The predicted molar refractivity (Wildman–Crippen MR) is 65.9 cm³/mol. The van der Waals surface area contributed by atoms with Crippen LogP contribution < -0.4 is 11.1 Å². The molecule has 1 aliphatic rings. The third-order valence-corrected chi connectivity index (χ3v) is 4.29. The zero-order chi connectivity index (χ0) is 11.3. The molecule has 15 heavy (non-hydrogen) atoms. The third kappa shape index (κ3) is 3.68. The van der Waals surface area contributed by atoms with Crippen molar-refractivity contribution in [3.63, 3.8) is 0 Å².